The SMILES string of the molecule is CN1C(=O)C[C@@](C)(c2cccc(-n3c(N(C)C)nc4ccc(Cl)cc43)c2F)N=C1N. The summed E-state index contributed by atoms with van der Waals surface area (Å²) < 4.78 is 17.7. The highest BCUT2D eigenvalue weighted by Gasteiger charge is 2.38. The zero-order valence-corrected chi connectivity index (χ0v) is 17.9. The van der Waals surface area contributed by atoms with E-state index in [1.807, 2.05) is 14.1 Å². The van der Waals surface area contributed by atoms with E-state index < -0.39 is 11.4 Å². The molecule has 1 aromatic heterocycles. The van der Waals surface area contributed by atoms with Crippen molar-refractivity contribution in [3.8, 4) is 5.69 Å². The average Bonchev–Trinajstić information content (AvgIpc) is 3.05. The average molecular weight is 429 g/mol. The van der Waals surface area contributed by atoms with Crippen molar-refractivity contribution in [1.82, 2.24) is 14.5 Å². The number of benzene rings is 2. The topological polar surface area (TPSA) is 79.8 Å². The first-order valence-electron chi connectivity index (χ1n) is 9.39. The molecule has 30 heavy (non-hydrogen) atoms. The number of carbonyl (C=O) groups is 1. The number of nitrogens with two attached hydrogens (primary N) is 1. The summed E-state index contributed by atoms with van der Waals surface area (Å²) in [4.78, 5) is 24.5. The normalized spacial score (nSPS) is 19.3. The van der Waals surface area contributed by atoms with Crippen molar-refractivity contribution in [3.63, 3.8) is 0 Å². The van der Waals surface area contributed by atoms with Gasteiger partial charge in [-0.1, -0.05) is 23.7 Å². The summed E-state index contributed by atoms with van der Waals surface area (Å²) in [6, 6.07) is 10.3. The maximum atomic E-state index is 16.0. The third kappa shape index (κ3) is 3.08. The van der Waals surface area contributed by atoms with Crippen molar-refractivity contribution >= 4 is 40.4 Å². The third-order valence-corrected chi connectivity index (χ3v) is 5.61. The second-order valence-electron chi connectivity index (χ2n) is 7.79. The van der Waals surface area contributed by atoms with Gasteiger partial charge in [0.2, 0.25) is 11.9 Å². The van der Waals surface area contributed by atoms with E-state index in [0.717, 1.165) is 0 Å². The molecule has 4 rings (SSSR count). The molecule has 0 bridgehead atoms. The van der Waals surface area contributed by atoms with Crippen LogP contribution in [0.15, 0.2) is 41.4 Å². The molecule has 3 aromatic rings. The molecule has 1 aliphatic heterocycles. The number of hydrogen-bond acceptors (Lipinski definition) is 5. The van der Waals surface area contributed by atoms with Gasteiger partial charge in [0.05, 0.1) is 28.7 Å². The van der Waals surface area contributed by atoms with Crippen LogP contribution in [0.5, 0.6) is 0 Å². The van der Waals surface area contributed by atoms with E-state index in [9.17, 15) is 4.79 Å². The van der Waals surface area contributed by atoms with Crippen LogP contribution in [0, 0.1) is 5.82 Å². The highest BCUT2D eigenvalue weighted by atomic mass is 35.5. The van der Waals surface area contributed by atoms with Gasteiger partial charge in [0.25, 0.3) is 0 Å². The number of anilines is 1. The molecular weight excluding hydrogens is 407 g/mol. The molecule has 2 heterocycles. The number of aromatic nitrogens is 2. The zero-order valence-electron chi connectivity index (χ0n) is 17.1. The summed E-state index contributed by atoms with van der Waals surface area (Å²) in [6.45, 7) is 1.71. The molecule has 9 heteroatoms. The van der Waals surface area contributed by atoms with Gasteiger partial charge in [-0.15, -0.1) is 0 Å². The number of guanidine groups is 1. The van der Waals surface area contributed by atoms with Crippen molar-refractivity contribution < 1.29 is 9.18 Å². The molecule has 2 N–H and O–H groups in total. The van der Waals surface area contributed by atoms with Crippen LogP contribution in [0.4, 0.5) is 10.3 Å². The van der Waals surface area contributed by atoms with Crippen LogP contribution >= 0.6 is 11.6 Å². The van der Waals surface area contributed by atoms with Crippen LogP contribution in [0.3, 0.4) is 0 Å². The smallest absolute Gasteiger partial charge is 0.231 e. The number of aliphatic imine (C=N–C) groups is 1. The molecule has 0 fully saturated rings. The number of halogens is 2. The van der Waals surface area contributed by atoms with Crippen LogP contribution in [-0.2, 0) is 10.3 Å². The quantitative estimate of drug-likeness (QED) is 0.694. The Balaban J connectivity index is 1.97. The van der Waals surface area contributed by atoms with E-state index >= 15 is 4.39 Å². The maximum Gasteiger partial charge on any atom is 0.231 e. The minimum Gasteiger partial charge on any atom is -0.369 e. The van der Waals surface area contributed by atoms with Gasteiger partial charge in [0.15, 0.2) is 11.8 Å². The molecule has 156 valence electrons. The van der Waals surface area contributed by atoms with Gasteiger partial charge < -0.3 is 10.6 Å². The van der Waals surface area contributed by atoms with Crippen molar-refractivity contribution in [2.75, 3.05) is 26.0 Å². The summed E-state index contributed by atoms with van der Waals surface area (Å²) in [5.41, 5.74) is 6.75. The Hall–Kier alpha value is -3.13. The minimum atomic E-state index is -1.11. The van der Waals surface area contributed by atoms with Gasteiger partial charge in [0, 0.05) is 31.7 Å². The molecule has 0 spiro atoms. The Morgan fingerprint density at radius 3 is 2.67 bits per heavy atom. The summed E-state index contributed by atoms with van der Waals surface area (Å²) in [7, 11) is 5.23. The van der Waals surface area contributed by atoms with Gasteiger partial charge in [-0.05, 0) is 31.2 Å². The number of carbonyl (C=O) groups excluding carboxylic acids is 1. The number of imidazole rings is 1. The van der Waals surface area contributed by atoms with E-state index in [1.165, 1.54) is 4.90 Å². The molecule has 0 saturated carbocycles. The van der Waals surface area contributed by atoms with E-state index in [2.05, 4.69) is 9.98 Å². The number of hydrogen-bond donors (Lipinski definition) is 1. The van der Waals surface area contributed by atoms with Gasteiger partial charge in [-0.3, -0.25) is 14.3 Å². The minimum absolute atomic E-state index is 0.0155. The Labute approximate surface area is 178 Å². The monoisotopic (exact) mass is 428 g/mol. The first-order valence-corrected chi connectivity index (χ1v) is 9.77. The van der Waals surface area contributed by atoms with Crippen LogP contribution in [0.1, 0.15) is 18.9 Å². The molecule has 0 aliphatic carbocycles. The lowest BCUT2D eigenvalue weighted by Gasteiger charge is -2.34. The first-order chi connectivity index (χ1) is 14.1. The number of nitrogens with zero attached hydrogens (tertiary/aromatic N) is 5. The Kier molecular flexibility index (Phi) is 4.69. The summed E-state index contributed by atoms with van der Waals surface area (Å²) >= 11 is 6.21. The Bertz CT molecular complexity index is 1200. The lowest BCUT2D eigenvalue weighted by Crippen LogP contribution is -2.47. The van der Waals surface area contributed by atoms with Gasteiger partial charge in [0.1, 0.15) is 0 Å². The van der Waals surface area contributed by atoms with Crippen molar-refractivity contribution in [3.05, 3.63) is 52.8 Å². The fourth-order valence-corrected chi connectivity index (χ4v) is 3.91. The summed E-state index contributed by atoms with van der Waals surface area (Å²) in [6.07, 6.45) is 0.0155. The second kappa shape index (κ2) is 6.98. The van der Waals surface area contributed by atoms with Crippen LogP contribution in [0.25, 0.3) is 16.7 Å². The van der Waals surface area contributed by atoms with Gasteiger partial charge in [-0.2, -0.15) is 0 Å². The molecular formula is C21H22ClFN6O. The van der Waals surface area contributed by atoms with E-state index in [1.54, 1.807) is 59.8 Å². The fourth-order valence-electron chi connectivity index (χ4n) is 3.75. The molecule has 7 nitrogen and oxygen atoms in total. The van der Waals surface area contributed by atoms with Crippen LogP contribution < -0.4 is 10.6 Å². The highest BCUT2D eigenvalue weighted by Crippen LogP contribution is 2.38. The molecule has 1 amide bonds. The third-order valence-electron chi connectivity index (χ3n) is 5.37. The molecule has 1 atom stereocenters. The standard InChI is InChI=1S/C21H22ClFN6O/c1-21(11-17(30)28(4)19(24)26-21)13-6-5-7-15(18(13)23)29-16-10-12(22)8-9-14(16)25-20(29)27(2)3/h5-10H,11H2,1-4H3,(H2,24,26)/t21-/m0/s1. The van der Waals surface area contributed by atoms with Crippen molar-refractivity contribution in [2.45, 2.75) is 18.9 Å². The summed E-state index contributed by atoms with van der Waals surface area (Å²) in [5, 5.41) is 0.524. The molecule has 0 saturated heterocycles. The van der Waals surface area contributed by atoms with E-state index in [-0.39, 0.29) is 23.9 Å². The van der Waals surface area contributed by atoms with Crippen LogP contribution in [0.2, 0.25) is 5.02 Å². The molecule has 1 aliphatic rings. The molecule has 0 radical (unpaired) electrons. The summed E-state index contributed by atoms with van der Waals surface area (Å²) in [5.74, 6) is -0.0942. The predicted octanol–water partition coefficient (Wildman–Crippen LogP) is 3.28. The predicted molar refractivity (Wildman–Crippen MR) is 117 cm³/mol. The maximum absolute atomic E-state index is 16.0. The zero-order chi connectivity index (χ0) is 21.8. The van der Waals surface area contributed by atoms with E-state index in [4.69, 9.17) is 17.3 Å². The lowest BCUT2D eigenvalue weighted by molar-refractivity contribution is -0.128. The van der Waals surface area contributed by atoms with Gasteiger partial charge in [-0.25, -0.2) is 14.4 Å². The van der Waals surface area contributed by atoms with E-state index in [0.29, 0.717) is 27.7 Å². The highest BCUT2D eigenvalue weighted by molar-refractivity contribution is 6.31. The Morgan fingerprint density at radius 2 is 2.00 bits per heavy atom. The lowest BCUT2D eigenvalue weighted by atomic mass is 9.87. The first kappa shape index (κ1) is 20.2. The largest absolute Gasteiger partial charge is 0.369 e. The number of amides is 1. The molecule has 2 aromatic carbocycles. The fraction of sp³-hybridized carbons (Fsp3) is 0.286. The van der Waals surface area contributed by atoms with Crippen LogP contribution in [-0.4, -0.2) is 47.5 Å². The molecule has 0 unspecified atom stereocenters. The number of rotatable bonds is 3. The second-order valence-corrected chi connectivity index (χ2v) is 8.22. The van der Waals surface area contributed by atoms with Crippen molar-refractivity contribution in [1.29, 1.82) is 0 Å². The van der Waals surface area contributed by atoms with Gasteiger partial charge >= 0.3 is 0 Å². The van der Waals surface area contributed by atoms with Crippen molar-refractivity contribution in [2.24, 2.45) is 10.7 Å². The Morgan fingerprint density at radius 1 is 1.27 bits per heavy atom. The number of fused-ring (bicyclic) bond motifs is 1.